The van der Waals surface area contributed by atoms with Crippen molar-refractivity contribution in [3.8, 4) is 11.5 Å². The van der Waals surface area contributed by atoms with Crippen molar-refractivity contribution in [1.82, 2.24) is 4.57 Å². The number of methoxy groups -OCH3 is 2. The van der Waals surface area contributed by atoms with Gasteiger partial charge in [0.2, 0.25) is 10.0 Å². The zero-order valence-corrected chi connectivity index (χ0v) is 19.2. The molecule has 0 fully saturated rings. The molecule has 3 aromatic rings. The molecule has 12 heteroatoms. The molecule has 1 amide bonds. The van der Waals surface area contributed by atoms with Gasteiger partial charge in [-0.2, -0.15) is 4.99 Å². The van der Waals surface area contributed by atoms with Crippen LogP contribution in [0.25, 0.3) is 10.2 Å². The minimum absolute atomic E-state index is 0.0905. The molecule has 2 N–H and O–H groups in total. The van der Waals surface area contributed by atoms with Gasteiger partial charge in [0, 0.05) is 5.56 Å². The van der Waals surface area contributed by atoms with Gasteiger partial charge < -0.3 is 18.8 Å². The number of ether oxygens (including phenoxy) is 3. The number of hydrogen-bond donors (Lipinski definition) is 1. The lowest BCUT2D eigenvalue weighted by Gasteiger charge is -2.08. The Morgan fingerprint density at radius 3 is 2.44 bits per heavy atom. The Bertz CT molecular complexity index is 1360. The van der Waals surface area contributed by atoms with Crippen molar-refractivity contribution in [2.24, 2.45) is 10.1 Å². The first-order chi connectivity index (χ1) is 15.2. The summed E-state index contributed by atoms with van der Waals surface area (Å²) in [5.74, 6) is -0.287. The van der Waals surface area contributed by atoms with Gasteiger partial charge in [0.05, 0.1) is 35.9 Å². The molecule has 10 nitrogen and oxygen atoms in total. The molecule has 1 aromatic heterocycles. The standard InChI is InChI=1S/C20H21N3O7S2/c1-4-30-18(24)11-23-14-7-6-13(32(21,26)27)10-17(14)31-20(23)22-19(25)12-5-8-15(28-2)16(9-12)29-3/h5-10H,4,11H2,1-3H3,(H2,21,26,27). The number of hydrogen-bond acceptors (Lipinski definition) is 8. The normalized spacial score (nSPS) is 12.1. The van der Waals surface area contributed by atoms with Crippen LogP contribution in [-0.2, 0) is 26.1 Å². The Labute approximate surface area is 187 Å². The first-order valence-corrected chi connectivity index (χ1v) is 11.7. The second kappa shape index (κ2) is 9.51. The van der Waals surface area contributed by atoms with E-state index in [2.05, 4.69) is 4.99 Å². The van der Waals surface area contributed by atoms with Crippen LogP contribution in [0.1, 0.15) is 17.3 Å². The Hall–Kier alpha value is -3.22. The lowest BCUT2D eigenvalue weighted by Crippen LogP contribution is -2.23. The van der Waals surface area contributed by atoms with Gasteiger partial charge >= 0.3 is 5.97 Å². The lowest BCUT2D eigenvalue weighted by molar-refractivity contribution is -0.143. The third kappa shape index (κ3) is 4.98. The highest BCUT2D eigenvalue weighted by molar-refractivity contribution is 7.89. The number of thiazole rings is 1. The zero-order valence-electron chi connectivity index (χ0n) is 17.5. The van der Waals surface area contributed by atoms with Crippen LogP contribution in [0.4, 0.5) is 0 Å². The molecule has 1 heterocycles. The number of carbonyl (C=O) groups is 2. The number of sulfonamides is 1. The van der Waals surface area contributed by atoms with Gasteiger partial charge in [-0.1, -0.05) is 11.3 Å². The number of esters is 1. The quantitative estimate of drug-likeness (QED) is 0.509. The van der Waals surface area contributed by atoms with Gasteiger partial charge in [-0.05, 0) is 43.3 Å². The van der Waals surface area contributed by atoms with E-state index < -0.39 is 21.9 Å². The summed E-state index contributed by atoms with van der Waals surface area (Å²) in [4.78, 5) is 29.2. The average molecular weight is 480 g/mol. The highest BCUT2D eigenvalue weighted by Gasteiger charge is 2.16. The molecule has 0 radical (unpaired) electrons. The van der Waals surface area contributed by atoms with Crippen LogP contribution in [0, 0.1) is 0 Å². The molecule has 3 rings (SSSR count). The smallest absolute Gasteiger partial charge is 0.326 e. The van der Waals surface area contributed by atoms with Crippen molar-refractivity contribution < 1.29 is 32.2 Å². The van der Waals surface area contributed by atoms with Gasteiger partial charge in [-0.3, -0.25) is 9.59 Å². The number of aromatic nitrogens is 1. The highest BCUT2D eigenvalue weighted by Crippen LogP contribution is 2.28. The third-order valence-corrected chi connectivity index (χ3v) is 6.36. The summed E-state index contributed by atoms with van der Waals surface area (Å²) >= 11 is 1.05. The molecule has 0 saturated carbocycles. The number of rotatable bonds is 7. The fraction of sp³-hybridized carbons (Fsp3) is 0.250. The SMILES string of the molecule is CCOC(=O)Cn1c(=NC(=O)c2ccc(OC)c(OC)c2)sc2cc(S(N)(=O)=O)ccc21. The average Bonchev–Trinajstić information content (AvgIpc) is 3.08. The van der Waals surface area contributed by atoms with E-state index in [4.69, 9.17) is 19.3 Å². The first kappa shape index (κ1) is 23.4. The molecule has 0 unspecified atom stereocenters. The highest BCUT2D eigenvalue weighted by atomic mass is 32.2. The number of fused-ring (bicyclic) bond motifs is 1. The van der Waals surface area contributed by atoms with E-state index in [1.807, 2.05) is 0 Å². The summed E-state index contributed by atoms with van der Waals surface area (Å²) in [5, 5.41) is 5.22. The number of carbonyl (C=O) groups excluding carboxylic acids is 2. The zero-order chi connectivity index (χ0) is 23.5. The second-order valence-corrected chi connectivity index (χ2v) is 9.01. The number of nitrogens with zero attached hydrogens (tertiary/aromatic N) is 2. The van der Waals surface area contributed by atoms with E-state index in [0.29, 0.717) is 21.7 Å². The number of nitrogens with two attached hydrogens (primary N) is 1. The molecular formula is C20H21N3O7S2. The van der Waals surface area contributed by atoms with Gasteiger partial charge in [-0.25, -0.2) is 13.6 Å². The van der Waals surface area contributed by atoms with Crippen LogP contribution in [0.5, 0.6) is 11.5 Å². The summed E-state index contributed by atoms with van der Waals surface area (Å²) in [5.41, 5.74) is 0.752. The molecule has 170 valence electrons. The summed E-state index contributed by atoms with van der Waals surface area (Å²) in [7, 11) is -0.996. The second-order valence-electron chi connectivity index (χ2n) is 6.44. The van der Waals surface area contributed by atoms with E-state index in [-0.39, 0.29) is 28.4 Å². The fourth-order valence-electron chi connectivity index (χ4n) is 2.93. The Balaban J connectivity index is 2.15. The Morgan fingerprint density at radius 1 is 1.09 bits per heavy atom. The number of benzene rings is 2. The molecule has 0 atom stereocenters. The Kier molecular flexibility index (Phi) is 6.96. The molecule has 0 aliphatic rings. The van der Waals surface area contributed by atoms with Crippen LogP contribution in [0.2, 0.25) is 0 Å². The predicted molar refractivity (Wildman–Crippen MR) is 117 cm³/mol. The molecule has 0 spiro atoms. The van der Waals surface area contributed by atoms with Crippen molar-refractivity contribution in [3.05, 3.63) is 46.8 Å². The van der Waals surface area contributed by atoms with E-state index in [0.717, 1.165) is 11.3 Å². The molecular weight excluding hydrogens is 458 g/mol. The van der Waals surface area contributed by atoms with Crippen LogP contribution in [0.15, 0.2) is 46.3 Å². The maximum absolute atomic E-state index is 12.8. The predicted octanol–water partition coefficient (Wildman–Crippen LogP) is 1.67. The van der Waals surface area contributed by atoms with Gasteiger partial charge in [0.15, 0.2) is 16.3 Å². The number of primary sulfonamides is 1. The molecule has 0 bridgehead atoms. The maximum Gasteiger partial charge on any atom is 0.326 e. The number of amides is 1. The van der Waals surface area contributed by atoms with Crippen molar-refractivity contribution in [2.75, 3.05) is 20.8 Å². The summed E-state index contributed by atoms with van der Waals surface area (Å²) < 4.78 is 40.8. The van der Waals surface area contributed by atoms with Gasteiger partial charge in [0.1, 0.15) is 6.54 Å². The fourth-order valence-corrected chi connectivity index (χ4v) is 4.61. The van der Waals surface area contributed by atoms with Gasteiger partial charge in [-0.15, -0.1) is 0 Å². The van der Waals surface area contributed by atoms with E-state index in [1.54, 1.807) is 13.0 Å². The van der Waals surface area contributed by atoms with Crippen LogP contribution in [-0.4, -0.2) is 45.7 Å². The summed E-state index contributed by atoms with van der Waals surface area (Å²) in [6, 6.07) is 8.81. The largest absolute Gasteiger partial charge is 0.493 e. The minimum atomic E-state index is -3.93. The van der Waals surface area contributed by atoms with Crippen molar-refractivity contribution in [2.45, 2.75) is 18.4 Å². The van der Waals surface area contributed by atoms with E-state index in [9.17, 15) is 18.0 Å². The monoisotopic (exact) mass is 479 g/mol. The van der Waals surface area contributed by atoms with Crippen molar-refractivity contribution in [1.29, 1.82) is 0 Å². The summed E-state index contributed by atoms with van der Waals surface area (Å²) in [6.07, 6.45) is 0. The maximum atomic E-state index is 12.8. The molecule has 0 aliphatic heterocycles. The topological polar surface area (TPSA) is 139 Å². The Morgan fingerprint density at radius 2 is 1.81 bits per heavy atom. The molecule has 0 saturated heterocycles. The van der Waals surface area contributed by atoms with Crippen molar-refractivity contribution >= 4 is 43.5 Å². The van der Waals surface area contributed by atoms with Crippen LogP contribution >= 0.6 is 11.3 Å². The van der Waals surface area contributed by atoms with E-state index in [1.165, 1.54) is 49.1 Å². The third-order valence-electron chi connectivity index (χ3n) is 4.40. The molecule has 2 aromatic carbocycles. The molecule has 0 aliphatic carbocycles. The minimum Gasteiger partial charge on any atom is -0.493 e. The van der Waals surface area contributed by atoms with E-state index >= 15 is 0 Å². The van der Waals surface area contributed by atoms with Gasteiger partial charge in [0.25, 0.3) is 5.91 Å². The first-order valence-electron chi connectivity index (χ1n) is 9.30. The lowest BCUT2D eigenvalue weighted by atomic mass is 10.2. The van der Waals surface area contributed by atoms with Crippen molar-refractivity contribution in [3.63, 3.8) is 0 Å². The molecule has 32 heavy (non-hydrogen) atoms. The summed E-state index contributed by atoms with van der Waals surface area (Å²) in [6.45, 7) is 1.66. The van der Waals surface area contributed by atoms with Crippen LogP contribution in [0.3, 0.4) is 0 Å². The van der Waals surface area contributed by atoms with Crippen LogP contribution < -0.4 is 19.4 Å².